The minimum atomic E-state index is 0.121. The molecule has 134 valence electrons. The lowest BCUT2D eigenvalue weighted by Crippen LogP contribution is -2.37. The molecule has 0 saturated heterocycles. The van der Waals surface area contributed by atoms with E-state index in [1.165, 1.54) is 37.4 Å². The predicted octanol–water partition coefficient (Wildman–Crippen LogP) is 3.99. The van der Waals surface area contributed by atoms with E-state index in [0.717, 1.165) is 11.4 Å². The van der Waals surface area contributed by atoms with E-state index in [4.69, 9.17) is 0 Å². The molecule has 1 heterocycles. The summed E-state index contributed by atoms with van der Waals surface area (Å²) < 4.78 is 0. The molecule has 25 heavy (non-hydrogen) atoms. The molecular weight excluding hydrogens is 332 g/mol. The molecule has 1 aromatic heterocycles. The largest absolute Gasteiger partial charge is 0.335 e. The minimum Gasteiger partial charge on any atom is -0.335 e. The Hall–Kier alpha value is -1.82. The highest BCUT2D eigenvalue weighted by Crippen LogP contribution is 2.32. The first-order valence-corrected chi connectivity index (χ1v) is 10.0. The number of carbonyl (C=O) groups excluding carboxylic acids is 1. The van der Waals surface area contributed by atoms with E-state index >= 15 is 0 Å². The maximum atomic E-state index is 12.7. The van der Waals surface area contributed by atoms with Crippen LogP contribution in [0.2, 0.25) is 0 Å². The van der Waals surface area contributed by atoms with Gasteiger partial charge in [0, 0.05) is 18.5 Å². The molecule has 1 N–H and O–H groups in total. The second kappa shape index (κ2) is 8.52. The van der Waals surface area contributed by atoms with Crippen LogP contribution in [0.4, 0.5) is 0 Å². The zero-order valence-corrected chi connectivity index (χ0v) is 15.8. The average Bonchev–Trinajstić information content (AvgIpc) is 3.29. The van der Waals surface area contributed by atoms with Crippen LogP contribution in [0, 0.1) is 0 Å². The number of rotatable bonds is 7. The molecule has 6 heteroatoms. The van der Waals surface area contributed by atoms with E-state index < -0.39 is 0 Å². The van der Waals surface area contributed by atoms with Crippen molar-refractivity contribution in [2.75, 3.05) is 5.75 Å². The van der Waals surface area contributed by atoms with Gasteiger partial charge in [0.25, 0.3) is 0 Å². The Morgan fingerprint density at radius 2 is 2.00 bits per heavy atom. The lowest BCUT2D eigenvalue weighted by molar-refractivity contribution is -0.130. The van der Waals surface area contributed by atoms with Crippen LogP contribution in [0.25, 0.3) is 0 Å². The smallest absolute Gasteiger partial charge is 0.233 e. The third kappa shape index (κ3) is 4.84. The second-order valence-corrected chi connectivity index (χ2v) is 7.82. The van der Waals surface area contributed by atoms with E-state index in [9.17, 15) is 4.79 Å². The SMILES string of the molecule is CC(C)N(Cc1ccccc1)C(=O)CSc1n[nH]c(C2CCCC2)n1. The Morgan fingerprint density at radius 1 is 1.28 bits per heavy atom. The van der Waals surface area contributed by atoms with Crippen LogP contribution in [0.1, 0.15) is 56.8 Å². The number of aromatic amines is 1. The molecule has 1 aliphatic carbocycles. The summed E-state index contributed by atoms with van der Waals surface area (Å²) in [6.45, 7) is 4.74. The van der Waals surface area contributed by atoms with Crippen LogP contribution in [-0.4, -0.2) is 37.8 Å². The van der Waals surface area contributed by atoms with Crippen molar-refractivity contribution >= 4 is 17.7 Å². The third-order valence-electron chi connectivity index (χ3n) is 4.69. The number of amides is 1. The molecule has 3 rings (SSSR count). The second-order valence-electron chi connectivity index (χ2n) is 6.87. The molecule has 1 fully saturated rings. The number of benzene rings is 1. The van der Waals surface area contributed by atoms with Crippen LogP contribution < -0.4 is 0 Å². The molecule has 1 aromatic carbocycles. The van der Waals surface area contributed by atoms with Crippen molar-refractivity contribution in [1.29, 1.82) is 0 Å². The number of carbonyl (C=O) groups is 1. The van der Waals surface area contributed by atoms with Gasteiger partial charge in [-0.05, 0) is 32.3 Å². The topological polar surface area (TPSA) is 61.9 Å². The van der Waals surface area contributed by atoms with Crippen LogP contribution in [0.15, 0.2) is 35.5 Å². The van der Waals surface area contributed by atoms with Gasteiger partial charge in [0.2, 0.25) is 11.1 Å². The maximum absolute atomic E-state index is 12.7. The van der Waals surface area contributed by atoms with Crippen molar-refractivity contribution in [2.24, 2.45) is 0 Å². The number of H-pyrrole nitrogens is 1. The molecule has 0 atom stereocenters. The molecule has 0 aliphatic heterocycles. The van der Waals surface area contributed by atoms with Crippen LogP contribution in [0.5, 0.6) is 0 Å². The summed E-state index contributed by atoms with van der Waals surface area (Å²) in [5.41, 5.74) is 1.15. The Morgan fingerprint density at radius 3 is 2.68 bits per heavy atom. The normalized spacial score (nSPS) is 15.0. The highest BCUT2D eigenvalue weighted by Gasteiger charge is 2.22. The zero-order valence-electron chi connectivity index (χ0n) is 14.9. The molecule has 2 aromatic rings. The number of nitrogens with one attached hydrogen (secondary N) is 1. The summed E-state index contributed by atoms with van der Waals surface area (Å²) in [7, 11) is 0. The lowest BCUT2D eigenvalue weighted by atomic mass is 10.1. The number of nitrogens with zero attached hydrogens (tertiary/aromatic N) is 3. The molecule has 0 spiro atoms. The fraction of sp³-hybridized carbons (Fsp3) is 0.526. The van der Waals surface area contributed by atoms with Gasteiger partial charge in [0.1, 0.15) is 5.82 Å². The van der Waals surface area contributed by atoms with Crippen molar-refractivity contribution in [2.45, 2.75) is 63.2 Å². The monoisotopic (exact) mass is 358 g/mol. The minimum absolute atomic E-state index is 0.121. The Kier molecular flexibility index (Phi) is 6.13. The first-order valence-electron chi connectivity index (χ1n) is 9.02. The van der Waals surface area contributed by atoms with Gasteiger partial charge >= 0.3 is 0 Å². The summed E-state index contributed by atoms with van der Waals surface area (Å²) in [6.07, 6.45) is 4.93. The van der Waals surface area contributed by atoms with E-state index in [1.807, 2.05) is 23.1 Å². The van der Waals surface area contributed by atoms with Gasteiger partial charge in [-0.2, -0.15) is 0 Å². The predicted molar refractivity (Wildman–Crippen MR) is 100 cm³/mol. The molecule has 1 aliphatic rings. The van der Waals surface area contributed by atoms with Crippen molar-refractivity contribution in [3.05, 3.63) is 41.7 Å². The van der Waals surface area contributed by atoms with Crippen molar-refractivity contribution in [1.82, 2.24) is 20.1 Å². The Bertz CT molecular complexity index is 680. The standard InChI is InChI=1S/C19H26N4OS/c1-14(2)23(12-15-8-4-3-5-9-15)17(24)13-25-19-20-18(21-22-19)16-10-6-7-11-16/h3-5,8-9,14,16H,6-7,10-13H2,1-2H3,(H,20,21,22). The average molecular weight is 359 g/mol. The fourth-order valence-corrected chi connectivity index (χ4v) is 3.94. The van der Waals surface area contributed by atoms with Gasteiger partial charge in [-0.15, -0.1) is 5.10 Å². The summed E-state index contributed by atoms with van der Waals surface area (Å²) >= 11 is 1.42. The fourth-order valence-electron chi connectivity index (χ4n) is 3.25. The van der Waals surface area contributed by atoms with Gasteiger partial charge < -0.3 is 4.90 Å². The molecule has 5 nitrogen and oxygen atoms in total. The molecule has 1 amide bonds. The number of hydrogen-bond acceptors (Lipinski definition) is 4. The summed E-state index contributed by atoms with van der Waals surface area (Å²) in [5.74, 6) is 1.99. The number of thioether (sulfide) groups is 1. The van der Waals surface area contributed by atoms with Crippen molar-refractivity contribution in [3.63, 3.8) is 0 Å². The van der Waals surface area contributed by atoms with Crippen molar-refractivity contribution < 1.29 is 4.79 Å². The van der Waals surface area contributed by atoms with Crippen LogP contribution >= 0.6 is 11.8 Å². The van der Waals surface area contributed by atoms with Gasteiger partial charge in [0.05, 0.1) is 5.75 Å². The van der Waals surface area contributed by atoms with E-state index in [1.54, 1.807) is 0 Å². The maximum Gasteiger partial charge on any atom is 0.233 e. The summed E-state index contributed by atoms with van der Waals surface area (Å²) in [6, 6.07) is 10.3. The molecule has 0 unspecified atom stereocenters. The molecular formula is C19H26N4OS. The van der Waals surface area contributed by atoms with Crippen LogP contribution in [-0.2, 0) is 11.3 Å². The summed E-state index contributed by atoms with van der Waals surface area (Å²) in [5, 5.41) is 8.01. The summed E-state index contributed by atoms with van der Waals surface area (Å²) in [4.78, 5) is 19.2. The molecule has 0 radical (unpaired) electrons. The highest BCUT2D eigenvalue weighted by atomic mass is 32.2. The van der Waals surface area contributed by atoms with Gasteiger partial charge in [-0.1, -0.05) is 54.9 Å². The van der Waals surface area contributed by atoms with E-state index in [0.29, 0.717) is 23.4 Å². The first-order chi connectivity index (χ1) is 12.1. The first kappa shape index (κ1) is 18.0. The van der Waals surface area contributed by atoms with Gasteiger partial charge in [0.15, 0.2) is 0 Å². The molecule has 0 bridgehead atoms. The number of hydrogen-bond donors (Lipinski definition) is 1. The highest BCUT2D eigenvalue weighted by molar-refractivity contribution is 7.99. The zero-order chi connectivity index (χ0) is 17.6. The van der Waals surface area contributed by atoms with Gasteiger partial charge in [-0.3, -0.25) is 9.89 Å². The van der Waals surface area contributed by atoms with E-state index in [2.05, 4.69) is 41.2 Å². The van der Waals surface area contributed by atoms with E-state index in [-0.39, 0.29) is 11.9 Å². The van der Waals surface area contributed by atoms with Crippen molar-refractivity contribution in [3.8, 4) is 0 Å². The van der Waals surface area contributed by atoms with Gasteiger partial charge in [-0.25, -0.2) is 4.98 Å². The Labute approximate surface area is 153 Å². The van der Waals surface area contributed by atoms with Crippen LogP contribution in [0.3, 0.4) is 0 Å². The lowest BCUT2D eigenvalue weighted by Gasteiger charge is -2.26. The Balaban J connectivity index is 1.56. The quantitative estimate of drug-likeness (QED) is 0.760. The third-order valence-corrected chi connectivity index (χ3v) is 5.52. The number of aromatic nitrogens is 3. The molecule has 1 saturated carbocycles.